The Morgan fingerprint density at radius 1 is 1.00 bits per heavy atom. The van der Waals surface area contributed by atoms with Crippen LogP contribution in [-0.4, -0.2) is 27.7 Å². The second-order valence-corrected chi connectivity index (χ2v) is 8.59. The van der Waals surface area contributed by atoms with Gasteiger partial charge in [0.25, 0.3) is 10.0 Å². The predicted octanol–water partition coefficient (Wildman–Crippen LogP) is 4.53. The molecule has 3 aromatic carbocycles. The van der Waals surface area contributed by atoms with Crippen LogP contribution in [0.3, 0.4) is 0 Å². The fraction of sp³-hybridized carbons (Fsp3) is 0.0476. The number of benzene rings is 3. The fourth-order valence-corrected chi connectivity index (χ4v) is 3.60. The van der Waals surface area contributed by atoms with Gasteiger partial charge in [0.1, 0.15) is 0 Å². The SMILES string of the molecule is COc1cc(/C=N/NS(=O)(=O)c2ccc(Cl)cc2)ccc1OC(=O)c1ccccc1Cl. The van der Waals surface area contributed by atoms with Crippen LogP contribution in [0.5, 0.6) is 11.5 Å². The molecule has 0 saturated carbocycles. The molecule has 10 heteroatoms. The van der Waals surface area contributed by atoms with Gasteiger partial charge in [0.05, 0.1) is 28.8 Å². The molecule has 1 N–H and O–H groups in total. The van der Waals surface area contributed by atoms with Crippen molar-refractivity contribution in [3.8, 4) is 11.5 Å². The number of methoxy groups -OCH3 is 1. The van der Waals surface area contributed by atoms with E-state index in [9.17, 15) is 13.2 Å². The molecule has 160 valence electrons. The topological polar surface area (TPSA) is 94.1 Å². The maximum atomic E-state index is 12.4. The summed E-state index contributed by atoms with van der Waals surface area (Å²) in [5.41, 5.74) is 0.724. The monoisotopic (exact) mass is 478 g/mol. The molecule has 0 fully saturated rings. The van der Waals surface area contributed by atoms with Gasteiger partial charge in [-0.05, 0) is 60.2 Å². The molecule has 31 heavy (non-hydrogen) atoms. The molecular formula is C21H16Cl2N2O5S. The average Bonchev–Trinajstić information content (AvgIpc) is 2.75. The van der Waals surface area contributed by atoms with Gasteiger partial charge in [-0.1, -0.05) is 35.3 Å². The van der Waals surface area contributed by atoms with Crippen LogP contribution in [0.2, 0.25) is 10.0 Å². The number of rotatable bonds is 7. The molecule has 0 bridgehead atoms. The Morgan fingerprint density at radius 2 is 1.71 bits per heavy atom. The molecule has 3 rings (SSSR count). The van der Waals surface area contributed by atoms with Gasteiger partial charge < -0.3 is 9.47 Å². The molecule has 0 heterocycles. The summed E-state index contributed by atoms with van der Waals surface area (Å²) in [5, 5.41) is 4.45. The van der Waals surface area contributed by atoms with Crippen LogP contribution in [-0.2, 0) is 10.0 Å². The number of carbonyl (C=O) groups excluding carboxylic acids is 1. The van der Waals surface area contributed by atoms with Crippen molar-refractivity contribution in [2.75, 3.05) is 7.11 Å². The normalized spacial score (nSPS) is 11.3. The highest BCUT2D eigenvalue weighted by Crippen LogP contribution is 2.29. The standard InChI is InChI=1S/C21H16Cl2N2O5S/c1-29-20-12-14(13-24-25-31(27,28)16-9-7-15(22)8-10-16)6-11-19(20)30-21(26)17-4-2-3-5-18(17)23/h2-13,25H,1H3/b24-13+. The second kappa shape index (κ2) is 9.82. The highest BCUT2D eigenvalue weighted by Gasteiger charge is 2.16. The second-order valence-electron chi connectivity index (χ2n) is 6.09. The van der Waals surface area contributed by atoms with Crippen LogP contribution in [0.4, 0.5) is 0 Å². The van der Waals surface area contributed by atoms with E-state index in [-0.39, 0.29) is 27.0 Å². The highest BCUT2D eigenvalue weighted by molar-refractivity contribution is 7.89. The quantitative estimate of drug-likeness (QED) is 0.233. The first-order chi connectivity index (χ1) is 14.8. The molecule has 0 atom stereocenters. The van der Waals surface area contributed by atoms with Gasteiger partial charge in [-0.15, -0.1) is 0 Å². The number of hydrazone groups is 1. The average molecular weight is 479 g/mol. The van der Waals surface area contributed by atoms with Crippen molar-refractivity contribution in [1.82, 2.24) is 4.83 Å². The lowest BCUT2D eigenvalue weighted by Crippen LogP contribution is -2.18. The first kappa shape index (κ1) is 22.6. The lowest BCUT2D eigenvalue weighted by molar-refractivity contribution is 0.0730. The van der Waals surface area contributed by atoms with Crippen LogP contribution in [0.15, 0.2) is 76.7 Å². The summed E-state index contributed by atoms with van der Waals surface area (Å²) in [7, 11) is -2.43. The number of hydrogen-bond acceptors (Lipinski definition) is 6. The van der Waals surface area contributed by atoms with Gasteiger partial charge in [0, 0.05) is 5.02 Å². The van der Waals surface area contributed by atoms with Crippen molar-refractivity contribution >= 4 is 45.4 Å². The van der Waals surface area contributed by atoms with E-state index in [1.165, 1.54) is 49.7 Å². The van der Waals surface area contributed by atoms with E-state index in [1.807, 2.05) is 0 Å². The summed E-state index contributed by atoms with van der Waals surface area (Å²) in [5.74, 6) is -0.211. The number of ether oxygens (including phenoxy) is 2. The minimum Gasteiger partial charge on any atom is -0.493 e. The molecule has 3 aromatic rings. The highest BCUT2D eigenvalue weighted by atomic mass is 35.5. The maximum absolute atomic E-state index is 12.4. The van der Waals surface area contributed by atoms with E-state index in [1.54, 1.807) is 30.3 Å². The largest absolute Gasteiger partial charge is 0.493 e. The third-order valence-corrected chi connectivity index (χ3v) is 5.81. The number of esters is 1. The fourth-order valence-electron chi connectivity index (χ4n) is 2.47. The van der Waals surface area contributed by atoms with Gasteiger partial charge in [-0.2, -0.15) is 13.5 Å². The third-order valence-electron chi connectivity index (χ3n) is 3.99. The van der Waals surface area contributed by atoms with Gasteiger partial charge in [-0.3, -0.25) is 0 Å². The van der Waals surface area contributed by atoms with E-state index in [0.717, 1.165) is 0 Å². The Labute approximate surface area is 189 Å². The van der Waals surface area contributed by atoms with Crippen LogP contribution < -0.4 is 14.3 Å². The lowest BCUT2D eigenvalue weighted by Gasteiger charge is -2.10. The minimum atomic E-state index is -3.84. The minimum absolute atomic E-state index is 0.0217. The zero-order valence-corrected chi connectivity index (χ0v) is 18.4. The summed E-state index contributed by atoms with van der Waals surface area (Å²) in [6, 6.07) is 16.8. The smallest absolute Gasteiger partial charge is 0.345 e. The Balaban J connectivity index is 1.73. The summed E-state index contributed by atoms with van der Waals surface area (Å²) in [4.78, 5) is 14.5. The Kier molecular flexibility index (Phi) is 7.17. The summed E-state index contributed by atoms with van der Waals surface area (Å²) < 4.78 is 35.1. The van der Waals surface area contributed by atoms with E-state index in [0.29, 0.717) is 10.6 Å². The number of sulfonamides is 1. The molecule has 7 nitrogen and oxygen atoms in total. The molecule has 0 aromatic heterocycles. The number of nitrogens with zero attached hydrogens (tertiary/aromatic N) is 1. The van der Waals surface area contributed by atoms with E-state index in [4.69, 9.17) is 32.7 Å². The summed E-state index contributed by atoms with van der Waals surface area (Å²) >= 11 is 11.8. The molecule has 0 aliphatic heterocycles. The molecule has 0 aliphatic carbocycles. The van der Waals surface area contributed by atoms with Gasteiger partial charge in [0.2, 0.25) is 0 Å². The molecular weight excluding hydrogens is 463 g/mol. The van der Waals surface area contributed by atoms with E-state index in [2.05, 4.69) is 9.93 Å². The van der Waals surface area contributed by atoms with Crippen molar-refractivity contribution in [2.45, 2.75) is 4.90 Å². The number of carbonyl (C=O) groups is 1. The molecule has 0 amide bonds. The molecule has 0 spiro atoms. The van der Waals surface area contributed by atoms with Crippen LogP contribution >= 0.6 is 23.2 Å². The number of nitrogens with one attached hydrogen (secondary N) is 1. The van der Waals surface area contributed by atoms with Gasteiger partial charge in [0.15, 0.2) is 11.5 Å². The van der Waals surface area contributed by atoms with Crippen molar-refractivity contribution < 1.29 is 22.7 Å². The Hall–Kier alpha value is -3.07. The van der Waals surface area contributed by atoms with Crippen molar-refractivity contribution in [3.05, 3.63) is 87.9 Å². The van der Waals surface area contributed by atoms with Crippen molar-refractivity contribution in [1.29, 1.82) is 0 Å². The maximum Gasteiger partial charge on any atom is 0.345 e. The molecule has 0 radical (unpaired) electrons. The number of halogens is 2. The van der Waals surface area contributed by atoms with Crippen LogP contribution in [0, 0.1) is 0 Å². The zero-order valence-electron chi connectivity index (χ0n) is 16.1. The number of hydrogen-bond donors (Lipinski definition) is 1. The molecule has 0 unspecified atom stereocenters. The third kappa shape index (κ3) is 5.75. The zero-order chi connectivity index (χ0) is 22.4. The molecule has 0 saturated heterocycles. The summed E-state index contributed by atoms with van der Waals surface area (Å²) in [6.07, 6.45) is 1.29. The molecule has 0 aliphatic rings. The lowest BCUT2D eigenvalue weighted by atomic mass is 10.2. The predicted molar refractivity (Wildman–Crippen MR) is 119 cm³/mol. The first-order valence-electron chi connectivity index (χ1n) is 8.75. The van der Waals surface area contributed by atoms with Gasteiger partial charge in [-0.25, -0.2) is 9.63 Å². The van der Waals surface area contributed by atoms with E-state index >= 15 is 0 Å². The van der Waals surface area contributed by atoms with E-state index < -0.39 is 16.0 Å². The van der Waals surface area contributed by atoms with Gasteiger partial charge >= 0.3 is 5.97 Å². The van der Waals surface area contributed by atoms with Crippen LogP contribution in [0.25, 0.3) is 0 Å². The van der Waals surface area contributed by atoms with Crippen molar-refractivity contribution in [3.63, 3.8) is 0 Å². The van der Waals surface area contributed by atoms with Crippen LogP contribution in [0.1, 0.15) is 15.9 Å². The summed E-state index contributed by atoms with van der Waals surface area (Å²) in [6.45, 7) is 0. The Bertz CT molecular complexity index is 1230. The first-order valence-corrected chi connectivity index (χ1v) is 11.0. The Morgan fingerprint density at radius 3 is 2.39 bits per heavy atom. The van der Waals surface area contributed by atoms with Crippen molar-refractivity contribution in [2.24, 2.45) is 5.10 Å².